The van der Waals surface area contributed by atoms with Gasteiger partial charge in [-0.2, -0.15) is 14.6 Å². The van der Waals surface area contributed by atoms with Crippen LogP contribution in [0.3, 0.4) is 0 Å². The summed E-state index contributed by atoms with van der Waals surface area (Å²) >= 11 is 0. The van der Waals surface area contributed by atoms with Crippen LogP contribution in [0.2, 0.25) is 0 Å². The van der Waals surface area contributed by atoms with Crippen LogP contribution < -0.4 is 15.8 Å². The van der Waals surface area contributed by atoms with Gasteiger partial charge >= 0.3 is 5.97 Å². The number of benzene rings is 1. The lowest BCUT2D eigenvalue weighted by Gasteiger charge is -2.24. The molecule has 1 unspecified atom stereocenters. The zero-order valence-corrected chi connectivity index (χ0v) is 19.7. The molecular weight excluding hydrogens is 444 g/mol. The molecule has 35 heavy (non-hydrogen) atoms. The summed E-state index contributed by atoms with van der Waals surface area (Å²) in [4.78, 5) is 20.8. The molecule has 0 amide bonds. The van der Waals surface area contributed by atoms with Gasteiger partial charge in [0.1, 0.15) is 11.9 Å². The van der Waals surface area contributed by atoms with Crippen LogP contribution in [0, 0.1) is 6.92 Å². The van der Waals surface area contributed by atoms with E-state index in [0.717, 1.165) is 59.4 Å². The number of hydrogen-bond donors (Lipinski definition) is 3. The lowest BCUT2D eigenvalue weighted by molar-refractivity contribution is -0.138. The number of carboxylic acids is 1. The highest BCUT2D eigenvalue weighted by molar-refractivity contribution is 5.80. The second-order valence-corrected chi connectivity index (χ2v) is 8.91. The number of fused-ring (bicyclic) bond motifs is 1. The maximum atomic E-state index is 11.4. The van der Waals surface area contributed by atoms with Crippen molar-refractivity contribution < 1.29 is 14.6 Å². The maximum Gasteiger partial charge on any atom is 0.310 e. The molecular formula is C26H28N6O3. The van der Waals surface area contributed by atoms with Crippen molar-refractivity contribution in [1.29, 1.82) is 0 Å². The highest BCUT2D eigenvalue weighted by Crippen LogP contribution is 2.31. The van der Waals surface area contributed by atoms with Gasteiger partial charge in [-0.25, -0.2) is 0 Å². The number of nitrogens with two attached hydrogens (primary N) is 1. The van der Waals surface area contributed by atoms with Crippen LogP contribution in [0.15, 0.2) is 48.8 Å². The molecule has 1 aliphatic heterocycles. The Morgan fingerprint density at radius 3 is 2.71 bits per heavy atom. The van der Waals surface area contributed by atoms with Crippen molar-refractivity contribution in [3.8, 4) is 28.3 Å². The first kappa shape index (κ1) is 22.8. The van der Waals surface area contributed by atoms with E-state index in [1.807, 2.05) is 43.3 Å². The van der Waals surface area contributed by atoms with E-state index in [1.54, 1.807) is 23.8 Å². The molecule has 0 bridgehead atoms. The molecule has 0 saturated carbocycles. The number of ether oxygens (including phenoxy) is 1. The van der Waals surface area contributed by atoms with Crippen LogP contribution in [-0.2, 0) is 4.79 Å². The lowest BCUT2D eigenvalue weighted by atomic mass is 9.98. The number of aliphatic carboxylic acids is 1. The lowest BCUT2D eigenvalue weighted by Crippen LogP contribution is -2.34. The average molecular weight is 473 g/mol. The summed E-state index contributed by atoms with van der Waals surface area (Å²) < 4.78 is 7.86. The van der Waals surface area contributed by atoms with E-state index in [0.29, 0.717) is 17.3 Å². The molecule has 1 aliphatic rings. The fourth-order valence-corrected chi connectivity index (χ4v) is 4.30. The third kappa shape index (κ3) is 4.42. The smallest absolute Gasteiger partial charge is 0.310 e. The van der Waals surface area contributed by atoms with Gasteiger partial charge in [0, 0.05) is 22.9 Å². The van der Waals surface area contributed by atoms with Crippen molar-refractivity contribution in [1.82, 2.24) is 24.9 Å². The first-order chi connectivity index (χ1) is 16.9. The molecule has 0 aliphatic carbocycles. The Labute approximate surface area is 203 Å². The van der Waals surface area contributed by atoms with Gasteiger partial charge in [-0.05, 0) is 57.5 Å². The fourth-order valence-electron chi connectivity index (χ4n) is 4.30. The number of carboxylic acid groups (broad SMARTS) is 1. The van der Waals surface area contributed by atoms with Gasteiger partial charge in [0.2, 0.25) is 5.88 Å². The van der Waals surface area contributed by atoms with E-state index in [-0.39, 0.29) is 6.10 Å². The van der Waals surface area contributed by atoms with Crippen LogP contribution in [0.5, 0.6) is 5.88 Å². The van der Waals surface area contributed by atoms with E-state index >= 15 is 0 Å². The normalized spacial score (nSPS) is 15.3. The molecule has 1 saturated heterocycles. The summed E-state index contributed by atoms with van der Waals surface area (Å²) in [6.45, 7) is 5.42. The molecule has 4 heterocycles. The molecule has 1 aromatic carbocycles. The molecule has 3 aromatic heterocycles. The number of nitrogen functional groups attached to an aromatic ring is 1. The van der Waals surface area contributed by atoms with Crippen molar-refractivity contribution in [2.24, 2.45) is 0 Å². The number of hydrogen-bond acceptors (Lipinski definition) is 7. The molecule has 1 fully saturated rings. The summed E-state index contributed by atoms with van der Waals surface area (Å²) in [5.74, 6) is -0.407. The van der Waals surface area contributed by atoms with Crippen LogP contribution in [-0.4, -0.2) is 49.9 Å². The summed E-state index contributed by atoms with van der Waals surface area (Å²) in [7, 11) is 0. The minimum atomic E-state index is -0.857. The molecule has 9 nitrogen and oxygen atoms in total. The Bertz CT molecular complexity index is 1380. The Balaban J connectivity index is 1.47. The molecule has 5 rings (SSSR count). The Kier molecular flexibility index (Phi) is 6.08. The summed E-state index contributed by atoms with van der Waals surface area (Å²) in [5.41, 5.74) is 11.8. The molecule has 4 aromatic rings. The van der Waals surface area contributed by atoms with Crippen molar-refractivity contribution in [3.63, 3.8) is 0 Å². The number of aromatic nitrogens is 4. The van der Waals surface area contributed by atoms with Gasteiger partial charge in [-0.1, -0.05) is 24.3 Å². The first-order valence-corrected chi connectivity index (χ1v) is 11.7. The zero-order valence-electron chi connectivity index (χ0n) is 19.7. The number of carbonyl (C=O) groups is 1. The monoisotopic (exact) mass is 472 g/mol. The van der Waals surface area contributed by atoms with Gasteiger partial charge in [0.05, 0.1) is 23.4 Å². The van der Waals surface area contributed by atoms with Crippen molar-refractivity contribution >= 4 is 17.4 Å². The minimum absolute atomic E-state index is 0.108. The number of anilines is 1. The van der Waals surface area contributed by atoms with Crippen LogP contribution in [0.4, 0.5) is 5.82 Å². The standard InChI is InChI=1S/C26H28N6O3/c1-15(26(33)34)17-4-3-5-18(12-17)22-7-6-19(13-29-22)21-14-30-32-23(27)16(2)25(31-24(21)32)35-20-8-10-28-11-9-20/h3-7,12-15,20,28H,8-11,27H2,1-2H3,(H,33,34). The third-order valence-corrected chi connectivity index (χ3v) is 6.58. The Hall–Kier alpha value is -3.98. The van der Waals surface area contributed by atoms with Gasteiger partial charge in [-0.3, -0.25) is 9.78 Å². The van der Waals surface area contributed by atoms with Crippen molar-refractivity contribution in [3.05, 3.63) is 59.9 Å². The van der Waals surface area contributed by atoms with Crippen molar-refractivity contribution in [2.75, 3.05) is 18.8 Å². The number of rotatable bonds is 6. The summed E-state index contributed by atoms with van der Waals surface area (Å²) in [5, 5.41) is 17.1. The van der Waals surface area contributed by atoms with E-state index in [4.69, 9.17) is 15.5 Å². The zero-order chi connectivity index (χ0) is 24.5. The molecule has 9 heteroatoms. The second kappa shape index (κ2) is 9.34. The van der Waals surface area contributed by atoms with Gasteiger partial charge in [0.25, 0.3) is 0 Å². The molecule has 4 N–H and O–H groups in total. The quantitative estimate of drug-likeness (QED) is 0.388. The summed E-state index contributed by atoms with van der Waals surface area (Å²) in [6, 6.07) is 11.3. The fraction of sp³-hybridized carbons (Fsp3) is 0.308. The third-order valence-electron chi connectivity index (χ3n) is 6.58. The number of nitrogens with zero attached hydrogens (tertiary/aromatic N) is 4. The highest BCUT2D eigenvalue weighted by Gasteiger charge is 2.21. The topological polar surface area (TPSA) is 128 Å². The van der Waals surface area contributed by atoms with E-state index in [2.05, 4.69) is 15.4 Å². The second-order valence-electron chi connectivity index (χ2n) is 8.91. The molecule has 180 valence electrons. The molecule has 0 spiro atoms. The van der Waals surface area contributed by atoms with Crippen LogP contribution in [0.1, 0.15) is 36.8 Å². The molecule has 1 atom stereocenters. The highest BCUT2D eigenvalue weighted by atomic mass is 16.5. The number of pyridine rings is 1. The predicted octanol–water partition coefficient (Wildman–Crippen LogP) is 3.67. The Morgan fingerprint density at radius 1 is 1.20 bits per heavy atom. The minimum Gasteiger partial charge on any atom is -0.481 e. The predicted molar refractivity (Wildman–Crippen MR) is 133 cm³/mol. The van der Waals surface area contributed by atoms with E-state index in [9.17, 15) is 9.90 Å². The first-order valence-electron chi connectivity index (χ1n) is 11.7. The van der Waals surface area contributed by atoms with Gasteiger partial charge in [0.15, 0.2) is 5.65 Å². The number of nitrogens with one attached hydrogen (secondary N) is 1. The van der Waals surface area contributed by atoms with E-state index < -0.39 is 11.9 Å². The maximum absolute atomic E-state index is 11.4. The number of piperidine rings is 1. The van der Waals surface area contributed by atoms with Gasteiger partial charge < -0.3 is 20.9 Å². The van der Waals surface area contributed by atoms with Crippen LogP contribution in [0.25, 0.3) is 28.0 Å². The average Bonchev–Trinajstić information content (AvgIpc) is 3.31. The largest absolute Gasteiger partial charge is 0.481 e. The Morgan fingerprint density at radius 2 is 2.00 bits per heavy atom. The van der Waals surface area contributed by atoms with Crippen LogP contribution >= 0.6 is 0 Å². The SMILES string of the molecule is Cc1c(OC2CCNCC2)nc2c(-c3ccc(-c4cccc(C(C)C(=O)O)c4)nc3)cnn2c1N. The summed E-state index contributed by atoms with van der Waals surface area (Å²) in [6.07, 6.45) is 5.46. The van der Waals surface area contributed by atoms with E-state index in [1.165, 1.54) is 0 Å². The van der Waals surface area contributed by atoms with Gasteiger partial charge in [-0.15, -0.1) is 0 Å². The molecule has 0 radical (unpaired) electrons. The van der Waals surface area contributed by atoms with Crippen molar-refractivity contribution in [2.45, 2.75) is 38.7 Å².